The van der Waals surface area contributed by atoms with Crippen molar-refractivity contribution in [3.05, 3.63) is 24.3 Å². The molecule has 0 aliphatic rings. The van der Waals surface area contributed by atoms with E-state index < -0.39 is 0 Å². The normalized spacial score (nSPS) is 9.30. The van der Waals surface area contributed by atoms with Crippen molar-refractivity contribution < 1.29 is 0 Å². The van der Waals surface area contributed by atoms with Crippen LogP contribution in [0.15, 0.2) is 18.6 Å². The minimum absolute atomic E-state index is 0.819. The highest BCUT2D eigenvalue weighted by molar-refractivity contribution is 7.80. The fourth-order valence-electron chi connectivity index (χ4n) is 0.624. The molecule has 10 heavy (non-hydrogen) atoms. The van der Waals surface area contributed by atoms with Crippen molar-refractivity contribution in [2.24, 2.45) is 0 Å². The van der Waals surface area contributed by atoms with Crippen LogP contribution in [0.5, 0.6) is 0 Å². The molecule has 0 fully saturated rings. The molecule has 1 heterocycles. The molecule has 0 aliphatic heterocycles. The largest absolute Gasteiger partial charge is 0.261 e. The van der Waals surface area contributed by atoms with Crippen molar-refractivity contribution in [1.82, 2.24) is 9.97 Å². The molecular weight excluding hydrogens is 144 g/mol. The Hall–Kier alpha value is -0.830. The Balaban J connectivity index is 2.85. The third-order valence-corrected chi connectivity index (χ3v) is 1.67. The van der Waals surface area contributed by atoms with Crippen molar-refractivity contribution in [3.8, 4) is 0 Å². The summed E-state index contributed by atoms with van der Waals surface area (Å²) in [5.41, 5.74) is 0.819. The zero-order chi connectivity index (χ0) is 7.40. The van der Waals surface area contributed by atoms with Crippen molar-refractivity contribution in [2.45, 2.75) is 13.3 Å². The van der Waals surface area contributed by atoms with Gasteiger partial charge in [0.25, 0.3) is 0 Å². The van der Waals surface area contributed by atoms with Crippen molar-refractivity contribution in [1.29, 1.82) is 0 Å². The highest BCUT2D eigenvalue weighted by atomic mass is 32.1. The molecule has 0 saturated heterocycles. The third kappa shape index (κ3) is 1.57. The summed E-state index contributed by atoms with van der Waals surface area (Å²) in [4.78, 5) is 8.82. The molecule has 1 aromatic rings. The molecule has 1 rings (SSSR count). The van der Waals surface area contributed by atoms with Gasteiger partial charge < -0.3 is 0 Å². The summed E-state index contributed by atoms with van der Waals surface area (Å²) in [6.45, 7) is 2.01. The number of nitrogens with zero attached hydrogens (tertiary/aromatic N) is 2. The maximum atomic E-state index is 5.02. The number of rotatable bonds is 2. The Bertz CT molecular complexity index is 220. The molecule has 0 saturated carbocycles. The molecule has 0 amide bonds. The second-order valence-corrected chi connectivity index (χ2v) is 2.36. The standard InChI is InChI=1S/C7H8N2S/c1-2-7(10)6-5-8-3-4-9-6/h3-5H,2H2,1H3. The average Bonchev–Trinajstić information content (AvgIpc) is 2.05. The van der Waals surface area contributed by atoms with E-state index in [0.717, 1.165) is 17.0 Å². The lowest BCUT2D eigenvalue weighted by Gasteiger charge is -1.95. The molecule has 0 atom stereocenters. The van der Waals surface area contributed by atoms with Gasteiger partial charge in [0.2, 0.25) is 0 Å². The molecule has 0 bridgehead atoms. The maximum Gasteiger partial charge on any atom is 0.0952 e. The van der Waals surface area contributed by atoms with Crippen LogP contribution in [-0.4, -0.2) is 14.8 Å². The predicted molar refractivity (Wildman–Crippen MR) is 44.0 cm³/mol. The zero-order valence-corrected chi connectivity index (χ0v) is 6.56. The van der Waals surface area contributed by atoms with Crippen molar-refractivity contribution in [3.63, 3.8) is 0 Å². The van der Waals surface area contributed by atoms with Gasteiger partial charge >= 0.3 is 0 Å². The van der Waals surface area contributed by atoms with Gasteiger partial charge in [0.1, 0.15) is 0 Å². The first-order valence-electron chi connectivity index (χ1n) is 3.13. The van der Waals surface area contributed by atoms with Gasteiger partial charge in [-0.1, -0.05) is 19.1 Å². The molecule has 0 aromatic carbocycles. The molecule has 0 aliphatic carbocycles. The lowest BCUT2D eigenvalue weighted by atomic mass is 10.3. The van der Waals surface area contributed by atoms with Crippen LogP contribution in [-0.2, 0) is 0 Å². The molecule has 3 heteroatoms. The third-order valence-electron chi connectivity index (χ3n) is 1.17. The van der Waals surface area contributed by atoms with Gasteiger partial charge in [-0.05, 0) is 6.42 Å². The fraction of sp³-hybridized carbons (Fsp3) is 0.286. The summed E-state index contributed by atoms with van der Waals surface area (Å²) in [7, 11) is 0. The molecule has 0 N–H and O–H groups in total. The Morgan fingerprint density at radius 2 is 2.40 bits per heavy atom. The van der Waals surface area contributed by atoms with Crippen LogP contribution in [0.4, 0.5) is 0 Å². The van der Waals surface area contributed by atoms with Crippen LogP contribution in [0, 0.1) is 0 Å². The van der Waals surface area contributed by atoms with Gasteiger partial charge in [0, 0.05) is 17.3 Å². The Kier molecular flexibility index (Phi) is 2.45. The molecule has 0 spiro atoms. The Morgan fingerprint density at radius 3 is 2.90 bits per heavy atom. The minimum Gasteiger partial charge on any atom is -0.261 e. The van der Waals surface area contributed by atoms with Crippen LogP contribution in [0.2, 0.25) is 0 Å². The number of hydrogen-bond acceptors (Lipinski definition) is 3. The van der Waals surface area contributed by atoms with Gasteiger partial charge in [-0.25, -0.2) is 0 Å². The molecular formula is C7H8N2S. The topological polar surface area (TPSA) is 25.8 Å². The molecule has 0 unspecified atom stereocenters. The van der Waals surface area contributed by atoms with E-state index in [1.807, 2.05) is 6.92 Å². The van der Waals surface area contributed by atoms with Gasteiger partial charge in [-0.15, -0.1) is 0 Å². The second-order valence-electron chi connectivity index (χ2n) is 1.87. The van der Waals surface area contributed by atoms with Crippen LogP contribution < -0.4 is 0 Å². The van der Waals surface area contributed by atoms with E-state index in [1.165, 1.54) is 0 Å². The highest BCUT2D eigenvalue weighted by Gasteiger charge is 1.96. The van der Waals surface area contributed by atoms with E-state index >= 15 is 0 Å². The van der Waals surface area contributed by atoms with Crippen LogP contribution in [0.1, 0.15) is 19.0 Å². The number of thiocarbonyl (C=S) groups is 1. The number of hydrogen-bond donors (Lipinski definition) is 0. The van der Waals surface area contributed by atoms with E-state index in [0.29, 0.717) is 0 Å². The monoisotopic (exact) mass is 152 g/mol. The van der Waals surface area contributed by atoms with E-state index in [1.54, 1.807) is 18.6 Å². The smallest absolute Gasteiger partial charge is 0.0952 e. The molecule has 52 valence electrons. The number of aromatic nitrogens is 2. The fourth-order valence-corrected chi connectivity index (χ4v) is 0.730. The molecule has 0 radical (unpaired) electrons. The van der Waals surface area contributed by atoms with E-state index in [4.69, 9.17) is 12.2 Å². The molecule has 2 nitrogen and oxygen atoms in total. The zero-order valence-electron chi connectivity index (χ0n) is 5.74. The van der Waals surface area contributed by atoms with Crippen LogP contribution in [0.3, 0.4) is 0 Å². The highest BCUT2D eigenvalue weighted by Crippen LogP contribution is 1.97. The van der Waals surface area contributed by atoms with Crippen LogP contribution in [0.25, 0.3) is 0 Å². The van der Waals surface area contributed by atoms with Gasteiger partial charge in [-0.3, -0.25) is 9.97 Å². The molecule has 1 aromatic heterocycles. The van der Waals surface area contributed by atoms with Crippen molar-refractivity contribution >= 4 is 17.1 Å². The first-order chi connectivity index (χ1) is 4.84. The van der Waals surface area contributed by atoms with Gasteiger partial charge in [0.15, 0.2) is 0 Å². The predicted octanol–water partition coefficient (Wildman–Crippen LogP) is 1.60. The van der Waals surface area contributed by atoms with Crippen molar-refractivity contribution in [2.75, 3.05) is 0 Å². The summed E-state index contributed by atoms with van der Waals surface area (Å²) in [6.07, 6.45) is 5.83. The summed E-state index contributed by atoms with van der Waals surface area (Å²) in [6, 6.07) is 0. The van der Waals surface area contributed by atoms with E-state index in [2.05, 4.69) is 9.97 Å². The summed E-state index contributed by atoms with van der Waals surface area (Å²) >= 11 is 5.02. The lowest BCUT2D eigenvalue weighted by molar-refractivity contribution is 1.16. The first kappa shape index (κ1) is 7.28. The first-order valence-corrected chi connectivity index (χ1v) is 3.54. The van der Waals surface area contributed by atoms with E-state index in [-0.39, 0.29) is 0 Å². The summed E-state index contributed by atoms with van der Waals surface area (Å²) in [5.74, 6) is 0. The van der Waals surface area contributed by atoms with Crippen LogP contribution >= 0.6 is 12.2 Å². The van der Waals surface area contributed by atoms with Gasteiger partial charge in [0.05, 0.1) is 11.9 Å². The average molecular weight is 152 g/mol. The summed E-state index contributed by atoms with van der Waals surface area (Å²) in [5, 5.41) is 0. The minimum atomic E-state index is 0.819. The Morgan fingerprint density at radius 1 is 1.60 bits per heavy atom. The lowest BCUT2D eigenvalue weighted by Crippen LogP contribution is -1.97. The maximum absolute atomic E-state index is 5.02. The van der Waals surface area contributed by atoms with Gasteiger partial charge in [-0.2, -0.15) is 0 Å². The summed E-state index contributed by atoms with van der Waals surface area (Å²) < 4.78 is 0. The van der Waals surface area contributed by atoms with E-state index in [9.17, 15) is 0 Å². The SMILES string of the molecule is CCC(=S)c1cnccn1. The Labute approximate surface area is 65.3 Å². The second kappa shape index (κ2) is 3.37. The quantitative estimate of drug-likeness (QED) is 0.475.